The number of rotatable bonds is 5. The van der Waals surface area contributed by atoms with Crippen LogP contribution in [0.1, 0.15) is 36.0 Å². The average molecular weight is 413 g/mol. The maximum atomic E-state index is 13.3. The molecule has 1 heterocycles. The number of carbonyl (C=O) groups excluding carboxylic acids is 1. The largest absolute Gasteiger partial charge is 0.490 e. The summed E-state index contributed by atoms with van der Waals surface area (Å²) in [5.41, 5.74) is 1.34. The fraction of sp³-hybridized carbons (Fsp3) is 0.333. The second-order valence-electron chi connectivity index (χ2n) is 7.35. The van der Waals surface area contributed by atoms with Crippen LogP contribution in [0.15, 0.2) is 42.5 Å². The van der Waals surface area contributed by atoms with Crippen molar-refractivity contribution in [3.8, 4) is 17.1 Å². The number of amides is 1. The quantitative estimate of drug-likeness (QED) is 0.694. The van der Waals surface area contributed by atoms with Crippen LogP contribution in [0.5, 0.6) is 5.75 Å². The molecular formula is C21H21F2N5O2. The predicted molar refractivity (Wildman–Crippen MR) is 105 cm³/mol. The topological polar surface area (TPSA) is 81.9 Å². The van der Waals surface area contributed by atoms with Crippen LogP contribution in [-0.2, 0) is 7.05 Å². The van der Waals surface area contributed by atoms with E-state index in [4.69, 9.17) is 4.74 Å². The Kier molecular flexibility index (Phi) is 5.69. The van der Waals surface area contributed by atoms with Crippen LogP contribution in [-0.4, -0.2) is 38.3 Å². The van der Waals surface area contributed by atoms with E-state index in [0.717, 1.165) is 24.5 Å². The molecule has 0 unspecified atom stereocenters. The van der Waals surface area contributed by atoms with Gasteiger partial charge in [0.05, 0.1) is 13.2 Å². The zero-order valence-corrected chi connectivity index (χ0v) is 16.4. The van der Waals surface area contributed by atoms with Gasteiger partial charge in [0.25, 0.3) is 5.91 Å². The molecule has 3 aromatic rings. The van der Waals surface area contributed by atoms with Crippen molar-refractivity contribution in [2.45, 2.75) is 37.8 Å². The Balaban J connectivity index is 1.28. The van der Waals surface area contributed by atoms with E-state index in [2.05, 4.69) is 20.7 Å². The third kappa shape index (κ3) is 4.79. The summed E-state index contributed by atoms with van der Waals surface area (Å²) in [5.74, 6) is -0.775. The number of halogens is 2. The minimum atomic E-state index is -0.660. The van der Waals surface area contributed by atoms with E-state index in [-0.39, 0.29) is 23.8 Å². The maximum absolute atomic E-state index is 13.3. The maximum Gasteiger partial charge on any atom is 0.251 e. The highest BCUT2D eigenvalue weighted by atomic mass is 19.1. The van der Waals surface area contributed by atoms with Crippen molar-refractivity contribution < 1.29 is 18.3 Å². The number of nitrogens with one attached hydrogen (secondary N) is 1. The van der Waals surface area contributed by atoms with Gasteiger partial charge < -0.3 is 10.1 Å². The van der Waals surface area contributed by atoms with Gasteiger partial charge in [0, 0.05) is 35.4 Å². The normalized spacial score (nSPS) is 18.8. The predicted octanol–water partition coefficient (Wildman–Crippen LogP) is 3.28. The highest BCUT2D eigenvalue weighted by Crippen LogP contribution is 2.25. The number of benzene rings is 2. The second kappa shape index (κ2) is 8.56. The SMILES string of the molecule is Cn1nnc(-c2ccc(C(=O)NC3CCC(Oc4cc(F)cc(F)c4)CC3)cc2)n1. The van der Waals surface area contributed by atoms with E-state index in [0.29, 0.717) is 24.2 Å². The Labute approximate surface area is 172 Å². The number of hydrogen-bond donors (Lipinski definition) is 1. The molecule has 4 rings (SSSR count). The molecule has 1 aliphatic carbocycles. The van der Waals surface area contributed by atoms with Crippen molar-refractivity contribution in [3.05, 3.63) is 59.7 Å². The minimum absolute atomic E-state index is 0.0305. The van der Waals surface area contributed by atoms with Gasteiger partial charge in [0.2, 0.25) is 5.82 Å². The third-order valence-corrected chi connectivity index (χ3v) is 5.06. The van der Waals surface area contributed by atoms with E-state index in [9.17, 15) is 13.6 Å². The van der Waals surface area contributed by atoms with Gasteiger partial charge in [-0.2, -0.15) is 4.80 Å². The molecule has 1 amide bonds. The van der Waals surface area contributed by atoms with Gasteiger partial charge in [-0.3, -0.25) is 4.79 Å². The first-order chi connectivity index (χ1) is 14.5. The molecule has 156 valence electrons. The molecule has 1 fully saturated rings. The number of aromatic nitrogens is 4. The molecular weight excluding hydrogens is 392 g/mol. The summed E-state index contributed by atoms with van der Waals surface area (Å²) in [6, 6.07) is 10.2. The highest BCUT2D eigenvalue weighted by Gasteiger charge is 2.24. The Bertz CT molecular complexity index is 1010. The first-order valence-electron chi connectivity index (χ1n) is 9.74. The Hall–Kier alpha value is -3.36. The molecule has 0 atom stereocenters. The molecule has 0 spiro atoms. The number of nitrogens with zero attached hydrogens (tertiary/aromatic N) is 4. The van der Waals surface area contributed by atoms with E-state index < -0.39 is 11.6 Å². The van der Waals surface area contributed by atoms with Crippen LogP contribution in [0.3, 0.4) is 0 Å². The molecule has 0 radical (unpaired) electrons. The molecule has 1 N–H and O–H groups in total. The second-order valence-corrected chi connectivity index (χ2v) is 7.35. The van der Waals surface area contributed by atoms with Crippen molar-refractivity contribution in [2.24, 2.45) is 7.05 Å². The van der Waals surface area contributed by atoms with Gasteiger partial charge in [0.15, 0.2) is 0 Å². The zero-order chi connectivity index (χ0) is 21.1. The standard InChI is InChI=1S/C21H21F2N5O2/c1-28-26-20(25-27-28)13-2-4-14(5-3-13)21(29)24-17-6-8-18(9-7-17)30-19-11-15(22)10-16(23)12-19/h2-5,10-12,17-18H,6-9H2,1H3,(H,24,29). The smallest absolute Gasteiger partial charge is 0.251 e. The fourth-order valence-corrected chi connectivity index (χ4v) is 3.55. The summed E-state index contributed by atoms with van der Waals surface area (Å²) in [6.45, 7) is 0. The van der Waals surface area contributed by atoms with Crippen LogP contribution < -0.4 is 10.1 Å². The zero-order valence-electron chi connectivity index (χ0n) is 16.4. The third-order valence-electron chi connectivity index (χ3n) is 5.06. The minimum Gasteiger partial charge on any atom is -0.490 e. The van der Waals surface area contributed by atoms with Gasteiger partial charge in [-0.25, -0.2) is 8.78 Å². The molecule has 30 heavy (non-hydrogen) atoms. The highest BCUT2D eigenvalue weighted by molar-refractivity contribution is 5.94. The fourth-order valence-electron chi connectivity index (χ4n) is 3.55. The number of aryl methyl sites for hydroxylation is 1. The summed E-state index contributed by atoms with van der Waals surface area (Å²) in [6.07, 6.45) is 2.73. The van der Waals surface area contributed by atoms with E-state index in [1.165, 1.54) is 16.9 Å². The average Bonchev–Trinajstić information content (AvgIpc) is 3.15. The van der Waals surface area contributed by atoms with E-state index in [1.807, 2.05) is 0 Å². The number of ether oxygens (including phenoxy) is 1. The summed E-state index contributed by atoms with van der Waals surface area (Å²) >= 11 is 0. The first kappa shape index (κ1) is 19.9. The van der Waals surface area contributed by atoms with Crippen molar-refractivity contribution in [1.29, 1.82) is 0 Å². The number of tetrazole rings is 1. The molecule has 7 nitrogen and oxygen atoms in total. The van der Waals surface area contributed by atoms with E-state index >= 15 is 0 Å². The van der Waals surface area contributed by atoms with E-state index in [1.54, 1.807) is 31.3 Å². The van der Waals surface area contributed by atoms with Gasteiger partial charge in [-0.1, -0.05) is 12.1 Å². The summed E-state index contributed by atoms with van der Waals surface area (Å²) < 4.78 is 32.3. The Morgan fingerprint density at radius 2 is 1.73 bits per heavy atom. The molecule has 0 aliphatic heterocycles. The Morgan fingerprint density at radius 1 is 1.07 bits per heavy atom. The van der Waals surface area contributed by atoms with Crippen LogP contribution >= 0.6 is 0 Å². The molecule has 2 aromatic carbocycles. The van der Waals surface area contributed by atoms with Crippen molar-refractivity contribution in [1.82, 2.24) is 25.5 Å². The molecule has 1 aromatic heterocycles. The molecule has 9 heteroatoms. The van der Waals surface area contributed by atoms with Crippen molar-refractivity contribution >= 4 is 5.91 Å². The van der Waals surface area contributed by atoms with Crippen LogP contribution in [0.4, 0.5) is 8.78 Å². The van der Waals surface area contributed by atoms with Crippen LogP contribution in [0.25, 0.3) is 11.4 Å². The molecule has 1 aliphatic rings. The lowest BCUT2D eigenvalue weighted by Crippen LogP contribution is -2.39. The van der Waals surface area contributed by atoms with Crippen LogP contribution in [0.2, 0.25) is 0 Å². The lowest BCUT2D eigenvalue weighted by molar-refractivity contribution is 0.0893. The lowest BCUT2D eigenvalue weighted by Gasteiger charge is -2.29. The van der Waals surface area contributed by atoms with Crippen molar-refractivity contribution in [3.63, 3.8) is 0 Å². The van der Waals surface area contributed by atoms with Gasteiger partial charge in [-0.05, 0) is 43.0 Å². The lowest BCUT2D eigenvalue weighted by atomic mass is 9.92. The monoisotopic (exact) mass is 413 g/mol. The summed E-state index contributed by atoms with van der Waals surface area (Å²) in [7, 11) is 1.69. The van der Waals surface area contributed by atoms with Crippen molar-refractivity contribution in [2.75, 3.05) is 0 Å². The van der Waals surface area contributed by atoms with Gasteiger partial charge in [-0.15, -0.1) is 10.2 Å². The van der Waals surface area contributed by atoms with Crippen LogP contribution in [0, 0.1) is 11.6 Å². The molecule has 0 saturated heterocycles. The summed E-state index contributed by atoms with van der Waals surface area (Å²) in [4.78, 5) is 13.9. The van der Waals surface area contributed by atoms with Gasteiger partial charge >= 0.3 is 0 Å². The molecule has 1 saturated carbocycles. The molecule has 0 bridgehead atoms. The first-order valence-corrected chi connectivity index (χ1v) is 9.74. The number of carbonyl (C=O) groups is 1. The summed E-state index contributed by atoms with van der Waals surface area (Å²) in [5, 5.41) is 14.9. The number of hydrogen-bond acceptors (Lipinski definition) is 5. The Morgan fingerprint density at radius 3 is 2.33 bits per heavy atom. The van der Waals surface area contributed by atoms with Gasteiger partial charge in [0.1, 0.15) is 17.4 Å².